The van der Waals surface area contributed by atoms with E-state index in [1.807, 2.05) is 9.80 Å². The van der Waals surface area contributed by atoms with Crippen molar-refractivity contribution in [1.82, 2.24) is 15.1 Å². The van der Waals surface area contributed by atoms with Crippen molar-refractivity contribution in [2.75, 3.05) is 26.2 Å². The van der Waals surface area contributed by atoms with Crippen molar-refractivity contribution in [2.24, 2.45) is 23.5 Å². The third-order valence-corrected chi connectivity index (χ3v) is 6.31. The molecule has 4 aliphatic rings. The summed E-state index contributed by atoms with van der Waals surface area (Å²) in [5.74, 6) is 1.55. The number of rotatable bonds is 1. The molecule has 6 nitrogen and oxygen atoms in total. The second kappa shape index (κ2) is 6.48. The van der Waals surface area contributed by atoms with Crippen molar-refractivity contribution < 1.29 is 9.59 Å². The largest absolute Gasteiger partial charge is 0.339 e. The number of carbonyl (C=O) groups is 2. The molecule has 23 heavy (non-hydrogen) atoms. The number of urea groups is 1. The normalized spacial score (nSPS) is 39.3. The van der Waals surface area contributed by atoms with Crippen LogP contribution in [0.2, 0.25) is 0 Å². The summed E-state index contributed by atoms with van der Waals surface area (Å²) < 4.78 is 0. The Bertz CT molecular complexity index is 475. The number of piperazine rings is 1. The molecule has 3 atom stereocenters. The SMILES string of the molecule is Cl.NC1C2CCCC1CC(C(=O)N1CCN3C(=O)NCC3C1)C2. The molecule has 0 aromatic carbocycles. The van der Waals surface area contributed by atoms with E-state index in [-0.39, 0.29) is 30.4 Å². The van der Waals surface area contributed by atoms with E-state index in [0.29, 0.717) is 50.0 Å². The second-order valence-electron chi connectivity index (χ2n) is 7.51. The Morgan fingerprint density at radius 1 is 1.17 bits per heavy atom. The van der Waals surface area contributed by atoms with Crippen molar-refractivity contribution in [2.45, 2.75) is 44.2 Å². The number of nitrogens with zero attached hydrogens (tertiary/aromatic N) is 2. The summed E-state index contributed by atoms with van der Waals surface area (Å²) in [6.45, 7) is 2.71. The summed E-state index contributed by atoms with van der Waals surface area (Å²) in [4.78, 5) is 28.4. The lowest BCUT2D eigenvalue weighted by molar-refractivity contribution is -0.140. The summed E-state index contributed by atoms with van der Waals surface area (Å²) in [6, 6.07) is 0.497. The monoisotopic (exact) mass is 342 g/mol. The molecule has 0 radical (unpaired) electrons. The quantitative estimate of drug-likeness (QED) is 0.739. The Morgan fingerprint density at radius 2 is 1.87 bits per heavy atom. The van der Waals surface area contributed by atoms with Gasteiger partial charge >= 0.3 is 6.03 Å². The number of amides is 3. The van der Waals surface area contributed by atoms with E-state index in [9.17, 15) is 9.59 Å². The van der Waals surface area contributed by atoms with Gasteiger partial charge in [-0.3, -0.25) is 4.79 Å². The van der Waals surface area contributed by atoms with Crippen molar-refractivity contribution >= 4 is 24.3 Å². The van der Waals surface area contributed by atoms with Crippen LogP contribution < -0.4 is 11.1 Å². The lowest BCUT2D eigenvalue weighted by Gasteiger charge is -2.45. The molecule has 0 spiro atoms. The van der Waals surface area contributed by atoms with Crippen LogP contribution in [-0.2, 0) is 4.79 Å². The van der Waals surface area contributed by atoms with Crippen molar-refractivity contribution in [3.05, 3.63) is 0 Å². The highest BCUT2D eigenvalue weighted by Crippen LogP contribution is 2.42. The second-order valence-corrected chi connectivity index (χ2v) is 7.51. The minimum atomic E-state index is 0. The molecule has 7 heteroatoms. The van der Waals surface area contributed by atoms with E-state index in [1.54, 1.807) is 0 Å². The predicted molar refractivity (Wildman–Crippen MR) is 89.3 cm³/mol. The van der Waals surface area contributed by atoms with Crippen LogP contribution in [0.3, 0.4) is 0 Å². The molecule has 2 bridgehead atoms. The average molecular weight is 343 g/mol. The maximum absolute atomic E-state index is 12.9. The van der Waals surface area contributed by atoms with Gasteiger partial charge in [0.05, 0.1) is 6.04 Å². The van der Waals surface area contributed by atoms with Crippen LogP contribution in [-0.4, -0.2) is 60.0 Å². The summed E-state index contributed by atoms with van der Waals surface area (Å²) >= 11 is 0. The van der Waals surface area contributed by atoms with Crippen molar-refractivity contribution in [3.8, 4) is 0 Å². The maximum Gasteiger partial charge on any atom is 0.317 e. The molecule has 3 amide bonds. The Balaban J connectivity index is 0.00000156. The first-order valence-electron chi connectivity index (χ1n) is 8.72. The van der Waals surface area contributed by atoms with Crippen LogP contribution in [0.15, 0.2) is 0 Å². The van der Waals surface area contributed by atoms with E-state index in [0.717, 1.165) is 12.8 Å². The molecule has 2 heterocycles. The lowest BCUT2D eigenvalue weighted by Crippen LogP contribution is -2.56. The molecule has 2 saturated carbocycles. The summed E-state index contributed by atoms with van der Waals surface area (Å²) in [6.07, 6.45) is 5.60. The van der Waals surface area contributed by atoms with Crippen LogP contribution in [0.25, 0.3) is 0 Å². The Hall–Kier alpha value is -1.01. The van der Waals surface area contributed by atoms with Crippen molar-refractivity contribution in [3.63, 3.8) is 0 Å². The van der Waals surface area contributed by atoms with E-state index in [4.69, 9.17) is 5.73 Å². The van der Waals surface area contributed by atoms with Crippen LogP contribution >= 0.6 is 12.4 Å². The van der Waals surface area contributed by atoms with Gasteiger partial charge in [-0.1, -0.05) is 6.42 Å². The van der Waals surface area contributed by atoms with E-state index in [2.05, 4.69) is 5.32 Å². The van der Waals surface area contributed by atoms with Crippen molar-refractivity contribution in [1.29, 1.82) is 0 Å². The van der Waals surface area contributed by atoms with Gasteiger partial charge in [0.1, 0.15) is 0 Å². The highest BCUT2D eigenvalue weighted by atomic mass is 35.5. The number of hydrogen-bond donors (Lipinski definition) is 2. The summed E-state index contributed by atoms with van der Waals surface area (Å²) in [5.41, 5.74) is 6.33. The molecule has 2 aliphatic carbocycles. The summed E-state index contributed by atoms with van der Waals surface area (Å²) in [5, 5.41) is 2.87. The van der Waals surface area contributed by atoms with Gasteiger partial charge in [0.15, 0.2) is 0 Å². The first kappa shape index (κ1) is 16.8. The third-order valence-electron chi connectivity index (χ3n) is 6.31. The smallest absolute Gasteiger partial charge is 0.317 e. The summed E-state index contributed by atoms with van der Waals surface area (Å²) in [7, 11) is 0. The van der Waals surface area contributed by atoms with Gasteiger partial charge in [0.25, 0.3) is 0 Å². The highest BCUT2D eigenvalue weighted by Gasteiger charge is 2.43. The van der Waals surface area contributed by atoms with E-state index in [1.165, 1.54) is 19.3 Å². The van der Waals surface area contributed by atoms with E-state index < -0.39 is 0 Å². The molecular weight excluding hydrogens is 316 g/mol. The predicted octanol–water partition coefficient (Wildman–Crippen LogP) is 0.798. The fourth-order valence-electron chi connectivity index (χ4n) is 5.05. The van der Waals surface area contributed by atoms with Crippen LogP contribution in [0.1, 0.15) is 32.1 Å². The molecule has 2 aliphatic heterocycles. The molecular formula is C16H27ClN4O2. The number of carbonyl (C=O) groups excluding carboxylic acids is 2. The van der Waals surface area contributed by atoms with Crippen LogP contribution in [0, 0.1) is 17.8 Å². The highest BCUT2D eigenvalue weighted by molar-refractivity contribution is 5.85. The minimum absolute atomic E-state index is 0. The zero-order chi connectivity index (χ0) is 15.3. The number of hydrogen-bond acceptors (Lipinski definition) is 3. The van der Waals surface area contributed by atoms with E-state index >= 15 is 0 Å². The van der Waals surface area contributed by atoms with Gasteiger partial charge in [0, 0.05) is 38.1 Å². The number of halogens is 1. The third kappa shape index (κ3) is 2.91. The first-order valence-corrected chi connectivity index (χ1v) is 8.72. The molecule has 4 fully saturated rings. The lowest BCUT2D eigenvalue weighted by atomic mass is 9.65. The topological polar surface area (TPSA) is 78.7 Å². The van der Waals surface area contributed by atoms with Gasteiger partial charge in [-0.25, -0.2) is 4.79 Å². The molecule has 3 unspecified atom stereocenters. The Labute approximate surface area is 143 Å². The maximum atomic E-state index is 12.9. The molecule has 0 aromatic rings. The molecule has 4 rings (SSSR count). The number of nitrogens with one attached hydrogen (secondary N) is 1. The molecule has 2 saturated heterocycles. The Kier molecular flexibility index (Phi) is 4.74. The van der Waals surface area contributed by atoms with Gasteiger partial charge in [0.2, 0.25) is 5.91 Å². The van der Waals surface area contributed by atoms with Crippen LogP contribution in [0.5, 0.6) is 0 Å². The Morgan fingerprint density at radius 3 is 2.57 bits per heavy atom. The number of nitrogens with two attached hydrogens (primary N) is 1. The standard InChI is InChI=1S/C16H26N4O2.ClH/c17-14-10-2-1-3-11(14)7-12(6-10)15(21)19-4-5-20-13(9-19)8-18-16(20)22;/h10-14H,1-9,17H2,(H,18,22);1H. The zero-order valence-electron chi connectivity index (χ0n) is 13.4. The number of fused-ring (bicyclic) bond motifs is 3. The van der Waals surface area contributed by atoms with Gasteiger partial charge in [-0.05, 0) is 37.5 Å². The van der Waals surface area contributed by atoms with Gasteiger partial charge < -0.3 is 20.9 Å². The van der Waals surface area contributed by atoms with Crippen LogP contribution in [0.4, 0.5) is 4.79 Å². The minimum Gasteiger partial charge on any atom is -0.339 e. The zero-order valence-corrected chi connectivity index (χ0v) is 14.3. The van der Waals surface area contributed by atoms with Gasteiger partial charge in [-0.2, -0.15) is 0 Å². The van der Waals surface area contributed by atoms with Gasteiger partial charge in [-0.15, -0.1) is 12.4 Å². The fourth-order valence-corrected chi connectivity index (χ4v) is 5.05. The average Bonchev–Trinajstić information content (AvgIpc) is 2.87. The molecule has 3 N–H and O–H groups in total. The first-order chi connectivity index (χ1) is 10.6. The molecule has 0 aromatic heterocycles. The molecule has 130 valence electrons. The fraction of sp³-hybridized carbons (Fsp3) is 0.875.